The molecule has 4 atom stereocenters. The Morgan fingerprint density at radius 3 is 2.64 bits per heavy atom. The molecule has 2 unspecified atom stereocenters. The molecule has 0 amide bonds. The van der Waals surface area contributed by atoms with E-state index in [1.807, 2.05) is 0 Å². The number of hydrogen-bond acceptors (Lipinski definition) is 3. The second kappa shape index (κ2) is 8.62. The second-order valence-electron chi connectivity index (χ2n) is 8.99. The average Bonchev–Trinajstić information content (AvgIpc) is 3.01. The fraction of sp³-hybridized carbons (Fsp3) is 0.652. The zero-order chi connectivity index (χ0) is 20.5. The van der Waals surface area contributed by atoms with Crippen molar-refractivity contribution < 1.29 is 18.7 Å². The highest BCUT2D eigenvalue weighted by atomic mass is 35.5. The summed E-state index contributed by atoms with van der Waals surface area (Å²) in [4.78, 5) is 25.4. The third kappa shape index (κ3) is 4.65. The van der Waals surface area contributed by atoms with Gasteiger partial charge < -0.3 is 4.74 Å². The van der Waals surface area contributed by atoms with Gasteiger partial charge in [-0.2, -0.15) is 0 Å². The van der Waals surface area contributed by atoms with Crippen molar-refractivity contribution in [3.05, 3.63) is 34.6 Å². The molecule has 2 aliphatic rings. The standard InChI is InChI=1S/C23H30ClFO3/c1-14(26)18-9-8-17(12-16-5-4-6-19(16)18)22(27)23(2,3)28-13-15-7-10-20(24)21(25)11-15/h7,10-11,16-19H,4-6,8-9,12-13H2,1-3H3/t16-,17?,18+,19?/m0/s1. The summed E-state index contributed by atoms with van der Waals surface area (Å²) < 4.78 is 19.6. The molecule has 0 radical (unpaired) electrons. The Hall–Kier alpha value is -1.26. The van der Waals surface area contributed by atoms with Crippen LogP contribution < -0.4 is 0 Å². The molecular formula is C23H30ClFO3. The molecule has 0 aromatic heterocycles. The van der Waals surface area contributed by atoms with Crippen LogP contribution in [0.1, 0.15) is 64.9 Å². The van der Waals surface area contributed by atoms with Crippen LogP contribution in [0.25, 0.3) is 0 Å². The van der Waals surface area contributed by atoms with Crippen molar-refractivity contribution >= 4 is 23.2 Å². The van der Waals surface area contributed by atoms with E-state index in [0.29, 0.717) is 17.4 Å². The molecule has 2 saturated carbocycles. The molecule has 1 aromatic rings. The number of Topliss-reactive ketones (excluding diaryl/α,β-unsaturated/α-hetero) is 2. The summed E-state index contributed by atoms with van der Waals surface area (Å²) in [5, 5.41) is 0.0729. The van der Waals surface area contributed by atoms with Gasteiger partial charge >= 0.3 is 0 Å². The minimum absolute atomic E-state index is 0.0729. The average molecular weight is 409 g/mol. The van der Waals surface area contributed by atoms with Gasteiger partial charge in [-0.25, -0.2) is 4.39 Å². The first-order valence-electron chi connectivity index (χ1n) is 10.3. The zero-order valence-corrected chi connectivity index (χ0v) is 17.7. The molecular weight excluding hydrogens is 379 g/mol. The highest BCUT2D eigenvalue weighted by molar-refractivity contribution is 6.30. The molecule has 0 saturated heterocycles. The summed E-state index contributed by atoms with van der Waals surface area (Å²) in [6.07, 6.45) is 5.78. The largest absolute Gasteiger partial charge is 0.363 e. The fourth-order valence-corrected chi connectivity index (χ4v) is 5.28. The van der Waals surface area contributed by atoms with Crippen molar-refractivity contribution in [2.45, 2.75) is 71.5 Å². The first kappa shape index (κ1) is 21.4. The molecule has 3 nitrogen and oxygen atoms in total. The van der Waals surface area contributed by atoms with Crippen molar-refractivity contribution in [1.29, 1.82) is 0 Å². The van der Waals surface area contributed by atoms with E-state index in [4.69, 9.17) is 16.3 Å². The van der Waals surface area contributed by atoms with E-state index in [-0.39, 0.29) is 35.0 Å². The highest BCUT2D eigenvalue weighted by Crippen LogP contribution is 2.47. The number of benzene rings is 1. The third-order valence-electron chi connectivity index (χ3n) is 6.72. The minimum atomic E-state index is -0.953. The Balaban J connectivity index is 1.67. The van der Waals surface area contributed by atoms with Gasteiger partial charge in [0.15, 0.2) is 5.78 Å². The van der Waals surface area contributed by atoms with E-state index >= 15 is 0 Å². The Kier molecular flexibility index (Phi) is 6.61. The maximum absolute atomic E-state index is 13.6. The lowest BCUT2D eigenvalue weighted by Crippen LogP contribution is -2.40. The van der Waals surface area contributed by atoms with Crippen LogP contribution in [0.3, 0.4) is 0 Å². The molecule has 28 heavy (non-hydrogen) atoms. The number of halogens is 2. The summed E-state index contributed by atoms with van der Waals surface area (Å²) in [5.41, 5.74) is -0.304. The van der Waals surface area contributed by atoms with Crippen LogP contribution in [0, 0.1) is 29.5 Å². The van der Waals surface area contributed by atoms with Gasteiger partial charge in [0, 0.05) is 11.8 Å². The van der Waals surface area contributed by atoms with Gasteiger partial charge in [-0.1, -0.05) is 30.5 Å². The van der Waals surface area contributed by atoms with E-state index in [0.717, 1.165) is 38.5 Å². The molecule has 0 aliphatic heterocycles. The monoisotopic (exact) mass is 408 g/mol. The van der Waals surface area contributed by atoms with E-state index in [1.54, 1.807) is 26.8 Å². The molecule has 0 bridgehead atoms. The predicted octanol–water partition coefficient (Wildman–Crippen LogP) is 5.77. The molecule has 2 aliphatic carbocycles. The van der Waals surface area contributed by atoms with Gasteiger partial charge in [0.25, 0.3) is 0 Å². The zero-order valence-electron chi connectivity index (χ0n) is 17.0. The summed E-state index contributed by atoms with van der Waals surface area (Å²) in [7, 11) is 0. The topological polar surface area (TPSA) is 43.4 Å². The van der Waals surface area contributed by atoms with Crippen molar-refractivity contribution in [3.8, 4) is 0 Å². The molecule has 0 spiro atoms. The molecule has 0 N–H and O–H groups in total. The lowest BCUT2D eigenvalue weighted by molar-refractivity contribution is -0.147. The third-order valence-corrected chi connectivity index (χ3v) is 7.02. The van der Waals surface area contributed by atoms with Gasteiger partial charge in [-0.05, 0) is 76.0 Å². The Morgan fingerprint density at radius 1 is 1.21 bits per heavy atom. The number of carbonyl (C=O) groups excluding carboxylic acids is 2. The Morgan fingerprint density at radius 2 is 1.96 bits per heavy atom. The number of carbonyl (C=O) groups is 2. The summed E-state index contributed by atoms with van der Waals surface area (Å²) in [6, 6.07) is 4.55. The number of ketones is 2. The molecule has 3 rings (SSSR count). The molecule has 5 heteroatoms. The van der Waals surface area contributed by atoms with Crippen LogP contribution in [-0.2, 0) is 20.9 Å². The predicted molar refractivity (Wildman–Crippen MR) is 108 cm³/mol. The normalized spacial score (nSPS) is 27.9. The molecule has 154 valence electrons. The van der Waals surface area contributed by atoms with Gasteiger partial charge in [-0.3, -0.25) is 9.59 Å². The van der Waals surface area contributed by atoms with Crippen LogP contribution in [0.4, 0.5) is 4.39 Å². The molecule has 0 heterocycles. The maximum atomic E-state index is 13.6. The van der Waals surface area contributed by atoms with Crippen LogP contribution in [0.15, 0.2) is 18.2 Å². The lowest BCUT2D eigenvalue weighted by atomic mass is 9.80. The van der Waals surface area contributed by atoms with Crippen molar-refractivity contribution in [2.75, 3.05) is 0 Å². The minimum Gasteiger partial charge on any atom is -0.363 e. The number of ether oxygens (including phenoxy) is 1. The number of fused-ring (bicyclic) bond motifs is 1. The number of rotatable bonds is 6. The van der Waals surface area contributed by atoms with Crippen LogP contribution in [0.2, 0.25) is 5.02 Å². The van der Waals surface area contributed by atoms with Crippen molar-refractivity contribution in [3.63, 3.8) is 0 Å². The smallest absolute Gasteiger partial charge is 0.167 e. The van der Waals surface area contributed by atoms with E-state index in [9.17, 15) is 14.0 Å². The summed E-state index contributed by atoms with van der Waals surface area (Å²) in [6.45, 7) is 5.43. The van der Waals surface area contributed by atoms with Crippen molar-refractivity contribution in [1.82, 2.24) is 0 Å². The first-order chi connectivity index (χ1) is 13.2. The molecule has 2 fully saturated rings. The maximum Gasteiger partial charge on any atom is 0.167 e. The quantitative estimate of drug-likeness (QED) is 0.600. The highest BCUT2D eigenvalue weighted by Gasteiger charge is 2.43. The van der Waals surface area contributed by atoms with Crippen LogP contribution >= 0.6 is 11.6 Å². The van der Waals surface area contributed by atoms with Gasteiger partial charge in [0.2, 0.25) is 0 Å². The van der Waals surface area contributed by atoms with Crippen molar-refractivity contribution in [2.24, 2.45) is 23.7 Å². The second-order valence-corrected chi connectivity index (χ2v) is 9.40. The van der Waals surface area contributed by atoms with Gasteiger partial charge in [0.05, 0.1) is 11.6 Å². The van der Waals surface area contributed by atoms with Crippen LogP contribution in [-0.4, -0.2) is 17.2 Å². The van der Waals surface area contributed by atoms with Crippen LogP contribution in [0.5, 0.6) is 0 Å². The van der Waals surface area contributed by atoms with Gasteiger partial charge in [-0.15, -0.1) is 0 Å². The number of hydrogen-bond donors (Lipinski definition) is 0. The molecule has 1 aromatic carbocycles. The Bertz CT molecular complexity index is 745. The van der Waals surface area contributed by atoms with E-state index < -0.39 is 11.4 Å². The SMILES string of the molecule is CC(=O)[C@H]1CCC(C(=O)C(C)(C)OCc2ccc(Cl)c(F)c2)C[C@@H]2CCCC21. The first-order valence-corrected chi connectivity index (χ1v) is 10.7. The lowest BCUT2D eigenvalue weighted by Gasteiger charge is -2.29. The van der Waals surface area contributed by atoms with E-state index in [2.05, 4.69) is 0 Å². The Labute approximate surface area is 172 Å². The van der Waals surface area contributed by atoms with E-state index in [1.165, 1.54) is 12.1 Å². The summed E-state index contributed by atoms with van der Waals surface area (Å²) in [5.74, 6) is 0.807. The summed E-state index contributed by atoms with van der Waals surface area (Å²) >= 11 is 5.72. The fourth-order valence-electron chi connectivity index (χ4n) is 5.16. The van der Waals surface area contributed by atoms with Gasteiger partial charge in [0.1, 0.15) is 17.2 Å².